The topological polar surface area (TPSA) is 112 Å². The molecule has 0 saturated carbocycles. The second-order valence-electron chi connectivity index (χ2n) is 5.70. The third kappa shape index (κ3) is 4.72. The standard InChI is InChI=1S/C17H13F3N6O3/c1-10(11-3-6-21-7-4-11)24-13(27)12-9-22-16(26-8-2-5-23-26)25-14(12)29-15(28)17(18,19)20/h2-10H,1H3,(H,24,27). The Balaban J connectivity index is 1.91. The molecule has 1 amide bonds. The van der Waals surface area contributed by atoms with E-state index in [2.05, 4.69) is 30.1 Å². The quantitative estimate of drug-likeness (QED) is 0.645. The molecule has 29 heavy (non-hydrogen) atoms. The van der Waals surface area contributed by atoms with Crippen LogP contribution in [-0.4, -0.2) is 42.8 Å². The third-order valence-electron chi connectivity index (χ3n) is 3.67. The number of alkyl halides is 3. The van der Waals surface area contributed by atoms with Crippen LogP contribution < -0.4 is 10.1 Å². The number of hydrogen-bond acceptors (Lipinski definition) is 7. The van der Waals surface area contributed by atoms with Crippen LogP contribution in [-0.2, 0) is 4.79 Å². The van der Waals surface area contributed by atoms with Crippen LogP contribution in [0.25, 0.3) is 5.95 Å². The molecule has 1 atom stereocenters. The number of ether oxygens (including phenoxy) is 1. The van der Waals surface area contributed by atoms with Crippen molar-refractivity contribution < 1.29 is 27.5 Å². The fourth-order valence-electron chi connectivity index (χ4n) is 2.24. The van der Waals surface area contributed by atoms with Crippen molar-refractivity contribution in [1.29, 1.82) is 0 Å². The maximum atomic E-state index is 12.6. The third-order valence-corrected chi connectivity index (χ3v) is 3.67. The Labute approximate surface area is 161 Å². The minimum Gasteiger partial charge on any atom is -0.400 e. The van der Waals surface area contributed by atoms with Crippen molar-refractivity contribution in [2.75, 3.05) is 0 Å². The molecule has 0 aliphatic rings. The Morgan fingerprint density at radius 2 is 1.93 bits per heavy atom. The van der Waals surface area contributed by atoms with Gasteiger partial charge >= 0.3 is 12.1 Å². The average Bonchev–Trinajstić information content (AvgIpc) is 3.22. The van der Waals surface area contributed by atoms with Crippen LogP contribution in [0, 0.1) is 0 Å². The first kappa shape index (κ1) is 19.9. The van der Waals surface area contributed by atoms with Gasteiger partial charge in [0, 0.05) is 31.0 Å². The molecular weight excluding hydrogens is 393 g/mol. The van der Waals surface area contributed by atoms with Gasteiger partial charge in [0.2, 0.25) is 5.88 Å². The summed E-state index contributed by atoms with van der Waals surface area (Å²) in [6.45, 7) is 1.66. The van der Waals surface area contributed by atoms with Crippen LogP contribution in [0.4, 0.5) is 13.2 Å². The number of rotatable bonds is 5. The minimum absolute atomic E-state index is 0.182. The second-order valence-corrected chi connectivity index (χ2v) is 5.70. The zero-order chi connectivity index (χ0) is 21.0. The number of nitrogens with one attached hydrogen (secondary N) is 1. The van der Waals surface area contributed by atoms with Crippen molar-refractivity contribution in [3.63, 3.8) is 0 Å². The van der Waals surface area contributed by atoms with Gasteiger partial charge in [-0.2, -0.15) is 23.3 Å². The smallest absolute Gasteiger partial charge is 0.400 e. The van der Waals surface area contributed by atoms with E-state index in [-0.39, 0.29) is 5.95 Å². The molecule has 1 N–H and O–H groups in total. The van der Waals surface area contributed by atoms with E-state index in [1.54, 1.807) is 19.1 Å². The molecule has 0 aliphatic heterocycles. The molecule has 3 aromatic heterocycles. The number of nitrogens with zero attached hydrogens (tertiary/aromatic N) is 5. The number of carbonyl (C=O) groups excluding carboxylic acids is 2. The molecule has 0 spiro atoms. The Morgan fingerprint density at radius 3 is 2.55 bits per heavy atom. The molecule has 12 heteroatoms. The van der Waals surface area contributed by atoms with Gasteiger partial charge in [0.15, 0.2) is 0 Å². The number of pyridine rings is 1. The first-order valence-electron chi connectivity index (χ1n) is 8.12. The summed E-state index contributed by atoms with van der Waals surface area (Å²) in [5.41, 5.74) is 0.260. The normalized spacial score (nSPS) is 12.3. The van der Waals surface area contributed by atoms with Crippen LogP contribution in [0.15, 0.2) is 49.2 Å². The molecule has 9 nitrogen and oxygen atoms in total. The Morgan fingerprint density at radius 1 is 1.21 bits per heavy atom. The van der Waals surface area contributed by atoms with Crippen molar-refractivity contribution in [1.82, 2.24) is 30.0 Å². The first-order chi connectivity index (χ1) is 13.8. The molecule has 0 radical (unpaired) electrons. The van der Waals surface area contributed by atoms with Gasteiger partial charge in [0.1, 0.15) is 5.56 Å². The molecular formula is C17H13F3N6O3. The lowest BCUT2D eigenvalue weighted by Gasteiger charge is -2.16. The molecule has 1 unspecified atom stereocenters. The van der Waals surface area contributed by atoms with Crippen molar-refractivity contribution >= 4 is 11.9 Å². The van der Waals surface area contributed by atoms with Gasteiger partial charge in [0.25, 0.3) is 11.9 Å². The molecule has 0 fully saturated rings. The lowest BCUT2D eigenvalue weighted by atomic mass is 10.1. The molecule has 0 aromatic carbocycles. The summed E-state index contributed by atoms with van der Waals surface area (Å²) in [5, 5.41) is 6.42. The number of esters is 1. The maximum Gasteiger partial charge on any atom is 0.491 e. The van der Waals surface area contributed by atoms with Crippen LogP contribution in [0.5, 0.6) is 5.88 Å². The summed E-state index contributed by atoms with van der Waals surface area (Å²) in [4.78, 5) is 35.4. The van der Waals surface area contributed by atoms with Gasteiger partial charge in [-0.05, 0) is 30.7 Å². The van der Waals surface area contributed by atoms with E-state index in [1.165, 1.54) is 30.9 Å². The summed E-state index contributed by atoms with van der Waals surface area (Å²) in [5.74, 6) is -4.36. The summed E-state index contributed by atoms with van der Waals surface area (Å²) in [6, 6.07) is 4.34. The fraction of sp³-hybridized carbons (Fsp3) is 0.176. The first-order valence-corrected chi connectivity index (χ1v) is 8.12. The van der Waals surface area contributed by atoms with Crippen molar-refractivity contribution in [3.05, 3.63) is 60.3 Å². The van der Waals surface area contributed by atoms with Crippen molar-refractivity contribution in [2.45, 2.75) is 19.1 Å². The van der Waals surface area contributed by atoms with E-state index in [4.69, 9.17) is 0 Å². The number of amides is 1. The minimum atomic E-state index is -5.27. The summed E-state index contributed by atoms with van der Waals surface area (Å²) < 4.78 is 43.4. The fourth-order valence-corrected chi connectivity index (χ4v) is 2.24. The van der Waals surface area contributed by atoms with Gasteiger partial charge in [-0.25, -0.2) is 14.5 Å². The highest BCUT2D eigenvalue weighted by Crippen LogP contribution is 2.23. The maximum absolute atomic E-state index is 12.6. The van der Waals surface area contributed by atoms with Gasteiger partial charge in [0.05, 0.1) is 6.04 Å². The van der Waals surface area contributed by atoms with E-state index in [0.717, 1.165) is 10.9 Å². The Kier molecular flexibility index (Phi) is 5.52. The molecule has 0 saturated heterocycles. The average molecular weight is 406 g/mol. The highest BCUT2D eigenvalue weighted by Gasteiger charge is 2.42. The molecule has 150 valence electrons. The van der Waals surface area contributed by atoms with E-state index in [9.17, 15) is 22.8 Å². The van der Waals surface area contributed by atoms with Gasteiger partial charge in [-0.1, -0.05) is 0 Å². The van der Waals surface area contributed by atoms with E-state index in [1.807, 2.05) is 0 Å². The molecule has 3 heterocycles. The SMILES string of the molecule is CC(NC(=O)c1cnc(-n2cccn2)nc1OC(=O)C(F)(F)F)c1ccncc1. The van der Waals surface area contributed by atoms with E-state index < -0.39 is 35.5 Å². The largest absolute Gasteiger partial charge is 0.491 e. The highest BCUT2D eigenvalue weighted by atomic mass is 19.4. The molecule has 0 aliphatic carbocycles. The van der Waals surface area contributed by atoms with Crippen molar-refractivity contribution in [3.8, 4) is 11.8 Å². The number of carbonyl (C=O) groups is 2. The van der Waals surface area contributed by atoms with E-state index in [0.29, 0.717) is 5.56 Å². The lowest BCUT2D eigenvalue weighted by Crippen LogP contribution is -2.31. The van der Waals surface area contributed by atoms with Gasteiger partial charge in [-0.15, -0.1) is 0 Å². The summed E-state index contributed by atoms with van der Waals surface area (Å²) in [7, 11) is 0. The zero-order valence-electron chi connectivity index (χ0n) is 14.8. The predicted octanol–water partition coefficient (Wildman–Crippen LogP) is 2.02. The predicted molar refractivity (Wildman–Crippen MR) is 91.0 cm³/mol. The van der Waals surface area contributed by atoms with Gasteiger partial charge < -0.3 is 10.1 Å². The molecule has 3 rings (SSSR count). The summed E-state index contributed by atoms with van der Waals surface area (Å²) >= 11 is 0. The monoisotopic (exact) mass is 406 g/mol. The second kappa shape index (κ2) is 8.04. The number of aromatic nitrogens is 5. The Hall–Kier alpha value is -3.83. The number of halogens is 3. The molecule has 3 aromatic rings. The number of hydrogen-bond donors (Lipinski definition) is 1. The lowest BCUT2D eigenvalue weighted by molar-refractivity contribution is -0.190. The van der Waals surface area contributed by atoms with E-state index >= 15 is 0 Å². The van der Waals surface area contributed by atoms with Crippen LogP contribution >= 0.6 is 0 Å². The zero-order valence-corrected chi connectivity index (χ0v) is 14.8. The Bertz CT molecular complexity index is 1010. The van der Waals surface area contributed by atoms with Crippen LogP contribution in [0.2, 0.25) is 0 Å². The van der Waals surface area contributed by atoms with Crippen LogP contribution in [0.1, 0.15) is 28.9 Å². The van der Waals surface area contributed by atoms with Gasteiger partial charge in [-0.3, -0.25) is 9.78 Å². The highest BCUT2D eigenvalue weighted by molar-refractivity contribution is 5.97. The summed E-state index contributed by atoms with van der Waals surface area (Å²) in [6.07, 6.45) is 1.55. The van der Waals surface area contributed by atoms with Crippen molar-refractivity contribution in [2.24, 2.45) is 0 Å². The van der Waals surface area contributed by atoms with Crippen LogP contribution in [0.3, 0.4) is 0 Å². The molecule has 0 bridgehead atoms.